The first-order chi connectivity index (χ1) is 11.2. The van der Waals surface area contributed by atoms with Crippen LogP contribution < -0.4 is 5.32 Å². The maximum atomic E-state index is 12.3. The van der Waals surface area contributed by atoms with E-state index in [2.05, 4.69) is 15.4 Å². The molecule has 0 fully saturated rings. The topological polar surface area (TPSA) is 93.2 Å². The molecule has 3 rings (SSSR count). The fourth-order valence-corrected chi connectivity index (χ4v) is 2.24. The molecular formula is C16H16N4O3. The zero-order valence-corrected chi connectivity index (χ0v) is 12.5. The lowest BCUT2D eigenvalue weighted by atomic mass is 10.2. The van der Waals surface area contributed by atoms with Gasteiger partial charge in [-0.2, -0.15) is 5.10 Å². The summed E-state index contributed by atoms with van der Waals surface area (Å²) < 4.78 is 6.76. The molecule has 118 valence electrons. The maximum Gasteiger partial charge on any atom is 0.254 e. The van der Waals surface area contributed by atoms with Crippen molar-refractivity contribution in [1.29, 1.82) is 0 Å². The summed E-state index contributed by atoms with van der Waals surface area (Å²) in [6, 6.07) is 6.96. The molecule has 7 nitrogen and oxygen atoms in total. The fraction of sp³-hybridized carbons (Fsp3) is 0.188. The number of aliphatic hydroxyl groups is 1. The number of pyridine rings is 1. The minimum Gasteiger partial charge on any atom is -0.467 e. The van der Waals surface area contributed by atoms with Gasteiger partial charge in [0.15, 0.2) is 0 Å². The highest BCUT2D eigenvalue weighted by Gasteiger charge is 2.17. The van der Waals surface area contributed by atoms with Crippen LogP contribution in [0.1, 0.15) is 27.9 Å². The number of rotatable bonds is 5. The van der Waals surface area contributed by atoms with Crippen molar-refractivity contribution < 1.29 is 14.3 Å². The van der Waals surface area contributed by atoms with Gasteiger partial charge in [0, 0.05) is 12.4 Å². The highest BCUT2D eigenvalue weighted by atomic mass is 16.4. The van der Waals surface area contributed by atoms with Crippen molar-refractivity contribution >= 4 is 5.91 Å². The van der Waals surface area contributed by atoms with Gasteiger partial charge in [-0.15, -0.1) is 0 Å². The van der Waals surface area contributed by atoms with Gasteiger partial charge in [-0.3, -0.25) is 9.78 Å². The fourth-order valence-electron chi connectivity index (χ4n) is 2.24. The third kappa shape index (κ3) is 3.14. The molecule has 1 amide bonds. The molecule has 0 saturated heterocycles. The zero-order chi connectivity index (χ0) is 16.2. The summed E-state index contributed by atoms with van der Waals surface area (Å²) in [5.74, 6) is 0.114. The number of nitrogens with one attached hydrogen (secondary N) is 1. The smallest absolute Gasteiger partial charge is 0.254 e. The Kier molecular flexibility index (Phi) is 4.20. The molecule has 0 radical (unpaired) electrons. The van der Waals surface area contributed by atoms with Gasteiger partial charge in [-0.1, -0.05) is 0 Å². The summed E-state index contributed by atoms with van der Waals surface area (Å²) in [6.07, 6.45) is 5.42. The third-order valence-electron chi connectivity index (χ3n) is 3.49. The summed E-state index contributed by atoms with van der Waals surface area (Å²) in [7, 11) is 0. The lowest BCUT2D eigenvalue weighted by Gasteiger charge is -2.09. The monoisotopic (exact) mass is 312 g/mol. The van der Waals surface area contributed by atoms with Crippen molar-refractivity contribution in [2.75, 3.05) is 6.54 Å². The molecule has 3 heterocycles. The van der Waals surface area contributed by atoms with Gasteiger partial charge < -0.3 is 14.8 Å². The van der Waals surface area contributed by atoms with Crippen molar-refractivity contribution in [3.05, 3.63) is 66.1 Å². The highest BCUT2D eigenvalue weighted by Crippen LogP contribution is 2.15. The van der Waals surface area contributed by atoms with Crippen molar-refractivity contribution in [3.8, 4) is 5.69 Å². The van der Waals surface area contributed by atoms with Crippen molar-refractivity contribution in [2.24, 2.45) is 0 Å². The molecule has 0 aliphatic carbocycles. The first kappa shape index (κ1) is 15.0. The van der Waals surface area contributed by atoms with E-state index in [1.54, 1.807) is 29.2 Å². The standard InChI is InChI=1S/C16H16N4O3/c1-11-13(9-19-20(11)12-4-6-17-7-5-12)16(22)18-10-14(21)15-3-2-8-23-15/h2-9,14,21H,10H2,1H3,(H,18,22). The van der Waals surface area contributed by atoms with E-state index in [0.29, 0.717) is 17.0 Å². The average Bonchev–Trinajstić information content (AvgIpc) is 3.23. The number of hydrogen-bond acceptors (Lipinski definition) is 5. The number of amides is 1. The Morgan fingerprint density at radius 3 is 2.87 bits per heavy atom. The predicted molar refractivity (Wildman–Crippen MR) is 82.1 cm³/mol. The Hall–Kier alpha value is -2.93. The van der Waals surface area contributed by atoms with Gasteiger partial charge in [0.1, 0.15) is 11.9 Å². The predicted octanol–water partition coefficient (Wildman–Crippen LogP) is 1.63. The summed E-state index contributed by atoms with van der Waals surface area (Å²) in [6.45, 7) is 1.87. The molecule has 0 aliphatic rings. The van der Waals surface area contributed by atoms with E-state index >= 15 is 0 Å². The van der Waals surface area contributed by atoms with E-state index in [0.717, 1.165) is 5.69 Å². The number of aliphatic hydroxyl groups excluding tert-OH is 1. The molecule has 0 spiro atoms. The van der Waals surface area contributed by atoms with Crippen LogP contribution in [0, 0.1) is 6.92 Å². The number of aromatic nitrogens is 3. The maximum absolute atomic E-state index is 12.3. The molecule has 0 aliphatic heterocycles. The van der Waals surface area contributed by atoms with E-state index < -0.39 is 6.10 Å². The van der Waals surface area contributed by atoms with Crippen LogP contribution in [0.4, 0.5) is 0 Å². The van der Waals surface area contributed by atoms with E-state index in [4.69, 9.17) is 4.42 Å². The highest BCUT2D eigenvalue weighted by molar-refractivity contribution is 5.95. The van der Waals surface area contributed by atoms with Gasteiger partial charge >= 0.3 is 0 Å². The van der Waals surface area contributed by atoms with Crippen molar-refractivity contribution in [3.63, 3.8) is 0 Å². The van der Waals surface area contributed by atoms with Crippen LogP contribution in [0.5, 0.6) is 0 Å². The van der Waals surface area contributed by atoms with Crippen LogP contribution in [0.15, 0.2) is 53.5 Å². The minimum atomic E-state index is -0.885. The minimum absolute atomic E-state index is 0.0617. The van der Waals surface area contributed by atoms with Gasteiger partial charge in [0.25, 0.3) is 5.91 Å². The molecule has 23 heavy (non-hydrogen) atoms. The van der Waals surface area contributed by atoms with Crippen LogP contribution in [0.3, 0.4) is 0 Å². The van der Waals surface area contributed by atoms with Crippen LogP contribution in [-0.2, 0) is 0 Å². The van der Waals surface area contributed by atoms with Gasteiger partial charge in [-0.05, 0) is 31.2 Å². The second-order valence-corrected chi connectivity index (χ2v) is 5.00. The molecule has 1 unspecified atom stereocenters. The summed E-state index contributed by atoms with van der Waals surface area (Å²) in [5.41, 5.74) is 1.99. The average molecular weight is 312 g/mol. The lowest BCUT2D eigenvalue weighted by Crippen LogP contribution is -2.28. The van der Waals surface area contributed by atoms with Crippen molar-refractivity contribution in [2.45, 2.75) is 13.0 Å². The summed E-state index contributed by atoms with van der Waals surface area (Å²) in [4.78, 5) is 16.2. The number of hydrogen-bond donors (Lipinski definition) is 2. The van der Waals surface area contributed by atoms with Gasteiger partial charge in [-0.25, -0.2) is 4.68 Å². The molecule has 0 aromatic carbocycles. The molecule has 3 aromatic heterocycles. The molecule has 7 heteroatoms. The number of carbonyl (C=O) groups is 1. The van der Waals surface area contributed by atoms with Crippen LogP contribution >= 0.6 is 0 Å². The quantitative estimate of drug-likeness (QED) is 0.747. The summed E-state index contributed by atoms with van der Waals surface area (Å²) in [5, 5.41) is 16.8. The van der Waals surface area contributed by atoms with Gasteiger partial charge in [0.05, 0.1) is 35.9 Å². The molecule has 3 aromatic rings. The molecule has 0 saturated carbocycles. The van der Waals surface area contributed by atoms with Crippen molar-refractivity contribution in [1.82, 2.24) is 20.1 Å². The second kappa shape index (κ2) is 6.45. The second-order valence-electron chi connectivity index (χ2n) is 5.00. The first-order valence-electron chi connectivity index (χ1n) is 7.11. The lowest BCUT2D eigenvalue weighted by molar-refractivity contribution is 0.0900. The Morgan fingerprint density at radius 1 is 1.39 bits per heavy atom. The van der Waals surface area contributed by atoms with Gasteiger partial charge in [0.2, 0.25) is 0 Å². The van der Waals surface area contributed by atoms with E-state index in [1.165, 1.54) is 12.5 Å². The van der Waals surface area contributed by atoms with E-state index in [9.17, 15) is 9.90 Å². The number of carbonyl (C=O) groups excluding carboxylic acids is 1. The zero-order valence-electron chi connectivity index (χ0n) is 12.5. The Balaban J connectivity index is 1.70. The SMILES string of the molecule is Cc1c(C(=O)NCC(O)c2ccco2)cnn1-c1ccncc1. The molecule has 1 atom stereocenters. The number of furan rings is 1. The Bertz CT molecular complexity index is 781. The summed E-state index contributed by atoms with van der Waals surface area (Å²) >= 11 is 0. The van der Waals surface area contributed by atoms with Crippen LogP contribution in [-0.4, -0.2) is 32.3 Å². The first-order valence-corrected chi connectivity index (χ1v) is 7.11. The van der Waals surface area contributed by atoms with E-state index in [-0.39, 0.29) is 12.5 Å². The Morgan fingerprint density at radius 2 is 2.17 bits per heavy atom. The normalized spacial score (nSPS) is 12.1. The van der Waals surface area contributed by atoms with Crippen LogP contribution in [0.2, 0.25) is 0 Å². The van der Waals surface area contributed by atoms with Crippen LogP contribution in [0.25, 0.3) is 5.69 Å². The third-order valence-corrected chi connectivity index (χ3v) is 3.49. The van der Waals surface area contributed by atoms with E-state index in [1.807, 2.05) is 19.1 Å². The largest absolute Gasteiger partial charge is 0.467 e. The molecule has 2 N–H and O–H groups in total. The molecular weight excluding hydrogens is 296 g/mol. The number of nitrogens with zero attached hydrogens (tertiary/aromatic N) is 3. The molecule has 0 bridgehead atoms. The Labute approximate surface area is 132 Å².